The molecule has 0 saturated carbocycles. The number of aromatic nitrogens is 1. The van der Waals surface area contributed by atoms with Crippen LogP contribution in [0.2, 0.25) is 0 Å². The van der Waals surface area contributed by atoms with Crippen LogP contribution in [0.5, 0.6) is 0 Å². The lowest BCUT2D eigenvalue weighted by Crippen LogP contribution is -2.48. The molecule has 5 heteroatoms. The zero-order chi connectivity index (χ0) is 16.2. The first-order chi connectivity index (χ1) is 11.2. The molecule has 2 aromatic rings. The molecular formula is C18H24FN3O. The SMILES string of the molecule is CC[C@H](O)CN1CCN(Cc2cc(F)cc3cccnc23)CC1. The van der Waals surface area contributed by atoms with E-state index in [9.17, 15) is 9.50 Å². The van der Waals surface area contributed by atoms with Gasteiger partial charge in [-0.05, 0) is 30.2 Å². The topological polar surface area (TPSA) is 39.6 Å². The fourth-order valence-electron chi connectivity index (χ4n) is 3.15. The third-order valence-corrected chi connectivity index (χ3v) is 4.55. The molecule has 124 valence electrons. The van der Waals surface area contributed by atoms with Crippen molar-refractivity contribution in [2.45, 2.75) is 26.0 Å². The normalized spacial score (nSPS) is 18.4. The average molecular weight is 317 g/mol. The minimum absolute atomic E-state index is 0.204. The molecular weight excluding hydrogens is 293 g/mol. The quantitative estimate of drug-likeness (QED) is 0.918. The third kappa shape index (κ3) is 4.05. The van der Waals surface area contributed by atoms with Crippen LogP contribution in [-0.2, 0) is 6.54 Å². The van der Waals surface area contributed by atoms with Crippen molar-refractivity contribution >= 4 is 10.9 Å². The molecule has 1 atom stereocenters. The van der Waals surface area contributed by atoms with E-state index in [2.05, 4.69) is 14.8 Å². The number of aliphatic hydroxyl groups excluding tert-OH is 1. The summed E-state index contributed by atoms with van der Waals surface area (Å²) in [7, 11) is 0. The van der Waals surface area contributed by atoms with E-state index in [0.29, 0.717) is 0 Å². The monoisotopic (exact) mass is 317 g/mol. The highest BCUT2D eigenvalue weighted by molar-refractivity contribution is 5.81. The molecule has 0 aliphatic carbocycles. The number of β-amino-alcohol motifs (C(OH)–C–C–N with tert-alkyl or cyclic N) is 1. The Morgan fingerprint density at radius 2 is 1.96 bits per heavy atom. The van der Waals surface area contributed by atoms with Gasteiger partial charge in [-0.1, -0.05) is 13.0 Å². The largest absolute Gasteiger partial charge is 0.392 e. The molecule has 0 unspecified atom stereocenters. The lowest BCUT2D eigenvalue weighted by molar-refractivity contribution is 0.0687. The summed E-state index contributed by atoms with van der Waals surface area (Å²) in [4.78, 5) is 9.05. The summed E-state index contributed by atoms with van der Waals surface area (Å²) in [5.41, 5.74) is 1.83. The second-order valence-corrected chi connectivity index (χ2v) is 6.28. The van der Waals surface area contributed by atoms with Crippen molar-refractivity contribution in [3.05, 3.63) is 41.8 Å². The van der Waals surface area contributed by atoms with Crippen molar-refractivity contribution in [2.24, 2.45) is 0 Å². The number of fused-ring (bicyclic) bond motifs is 1. The van der Waals surface area contributed by atoms with Crippen LogP contribution in [0.3, 0.4) is 0 Å². The Morgan fingerprint density at radius 1 is 1.22 bits per heavy atom. The molecule has 2 heterocycles. The molecule has 0 spiro atoms. The van der Waals surface area contributed by atoms with Crippen LogP contribution in [-0.4, -0.2) is 58.7 Å². The van der Waals surface area contributed by atoms with Crippen molar-refractivity contribution in [2.75, 3.05) is 32.7 Å². The van der Waals surface area contributed by atoms with Gasteiger partial charge in [0.1, 0.15) is 5.82 Å². The van der Waals surface area contributed by atoms with Crippen molar-refractivity contribution in [3.63, 3.8) is 0 Å². The zero-order valence-corrected chi connectivity index (χ0v) is 13.6. The number of hydrogen-bond donors (Lipinski definition) is 1. The van der Waals surface area contributed by atoms with Crippen molar-refractivity contribution in [3.8, 4) is 0 Å². The summed E-state index contributed by atoms with van der Waals surface area (Å²) in [5.74, 6) is -0.204. The third-order valence-electron chi connectivity index (χ3n) is 4.55. The van der Waals surface area contributed by atoms with Crippen LogP contribution in [0.4, 0.5) is 4.39 Å². The number of nitrogens with zero attached hydrogens (tertiary/aromatic N) is 3. The maximum atomic E-state index is 13.8. The molecule has 0 bridgehead atoms. The van der Waals surface area contributed by atoms with Gasteiger partial charge in [-0.2, -0.15) is 0 Å². The number of halogens is 1. The Labute approximate surface area is 136 Å². The first-order valence-corrected chi connectivity index (χ1v) is 8.31. The van der Waals surface area contributed by atoms with E-state index in [4.69, 9.17) is 0 Å². The fraction of sp³-hybridized carbons (Fsp3) is 0.500. The van der Waals surface area contributed by atoms with Crippen molar-refractivity contribution < 1.29 is 9.50 Å². The van der Waals surface area contributed by atoms with Gasteiger partial charge >= 0.3 is 0 Å². The lowest BCUT2D eigenvalue weighted by atomic mass is 10.1. The molecule has 1 fully saturated rings. The summed E-state index contributed by atoms with van der Waals surface area (Å²) in [6.07, 6.45) is 2.31. The van der Waals surface area contributed by atoms with E-state index in [1.165, 1.54) is 6.07 Å². The van der Waals surface area contributed by atoms with Gasteiger partial charge in [-0.25, -0.2) is 4.39 Å². The molecule has 0 radical (unpaired) electrons. The zero-order valence-electron chi connectivity index (χ0n) is 13.6. The molecule has 23 heavy (non-hydrogen) atoms. The van der Waals surface area contributed by atoms with E-state index in [-0.39, 0.29) is 11.9 Å². The standard InChI is InChI=1S/C18H24FN3O/c1-2-17(23)13-22-8-6-21(7-9-22)12-15-11-16(19)10-14-4-3-5-20-18(14)15/h3-5,10-11,17,23H,2,6-9,12-13H2,1H3/t17-/m0/s1. The summed E-state index contributed by atoms with van der Waals surface area (Å²) in [6.45, 7) is 7.21. The van der Waals surface area contributed by atoms with Crippen LogP contribution in [0.15, 0.2) is 30.5 Å². The average Bonchev–Trinajstić information content (AvgIpc) is 2.56. The molecule has 1 aliphatic rings. The Kier molecular flexibility index (Phi) is 5.20. The van der Waals surface area contributed by atoms with Gasteiger partial charge in [0.2, 0.25) is 0 Å². The molecule has 1 N–H and O–H groups in total. The summed E-state index contributed by atoms with van der Waals surface area (Å²) in [6, 6.07) is 6.88. The van der Waals surface area contributed by atoms with Crippen LogP contribution >= 0.6 is 0 Å². The van der Waals surface area contributed by atoms with Gasteiger partial charge in [0, 0.05) is 50.9 Å². The molecule has 4 nitrogen and oxygen atoms in total. The predicted octanol–water partition coefficient (Wildman–Crippen LogP) is 2.26. The van der Waals surface area contributed by atoms with Gasteiger partial charge in [-0.3, -0.25) is 14.8 Å². The van der Waals surface area contributed by atoms with E-state index in [1.807, 2.05) is 19.1 Å². The Morgan fingerprint density at radius 3 is 2.70 bits per heavy atom. The molecule has 0 amide bonds. The van der Waals surface area contributed by atoms with Crippen LogP contribution in [0.1, 0.15) is 18.9 Å². The fourth-order valence-corrected chi connectivity index (χ4v) is 3.15. The number of piperazine rings is 1. The number of rotatable bonds is 5. The van der Waals surface area contributed by atoms with E-state index < -0.39 is 0 Å². The number of benzene rings is 1. The first kappa shape index (κ1) is 16.3. The van der Waals surface area contributed by atoms with Gasteiger partial charge in [-0.15, -0.1) is 0 Å². The smallest absolute Gasteiger partial charge is 0.124 e. The maximum Gasteiger partial charge on any atom is 0.124 e. The minimum Gasteiger partial charge on any atom is -0.392 e. The van der Waals surface area contributed by atoms with E-state index in [1.54, 1.807) is 12.3 Å². The highest BCUT2D eigenvalue weighted by atomic mass is 19.1. The van der Waals surface area contributed by atoms with Crippen molar-refractivity contribution in [1.29, 1.82) is 0 Å². The van der Waals surface area contributed by atoms with Gasteiger partial charge in [0.25, 0.3) is 0 Å². The Bertz CT molecular complexity index is 656. The highest BCUT2D eigenvalue weighted by Crippen LogP contribution is 2.20. The summed E-state index contributed by atoms with van der Waals surface area (Å²) in [5, 5.41) is 10.6. The van der Waals surface area contributed by atoms with Gasteiger partial charge in [0.15, 0.2) is 0 Å². The predicted molar refractivity (Wildman–Crippen MR) is 89.7 cm³/mol. The molecule has 1 aliphatic heterocycles. The van der Waals surface area contributed by atoms with Crippen molar-refractivity contribution in [1.82, 2.24) is 14.8 Å². The number of hydrogen-bond acceptors (Lipinski definition) is 4. The van der Waals surface area contributed by atoms with E-state index >= 15 is 0 Å². The number of aliphatic hydroxyl groups is 1. The molecule has 1 saturated heterocycles. The number of pyridine rings is 1. The summed E-state index contributed by atoms with van der Waals surface area (Å²) < 4.78 is 13.8. The van der Waals surface area contributed by atoms with Crippen LogP contribution < -0.4 is 0 Å². The molecule has 3 rings (SSSR count). The summed E-state index contributed by atoms with van der Waals surface area (Å²) >= 11 is 0. The van der Waals surface area contributed by atoms with Gasteiger partial charge in [0.05, 0.1) is 11.6 Å². The first-order valence-electron chi connectivity index (χ1n) is 8.31. The minimum atomic E-state index is -0.238. The van der Waals surface area contributed by atoms with Crippen LogP contribution in [0, 0.1) is 5.82 Å². The Balaban J connectivity index is 1.65. The van der Waals surface area contributed by atoms with E-state index in [0.717, 1.165) is 62.2 Å². The highest BCUT2D eigenvalue weighted by Gasteiger charge is 2.19. The molecule has 1 aromatic carbocycles. The second-order valence-electron chi connectivity index (χ2n) is 6.28. The van der Waals surface area contributed by atoms with Crippen LogP contribution in [0.25, 0.3) is 10.9 Å². The Hall–Kier alpha value is -1.56. The maximum absolute atomic E-state index is 13.8. The second kappa shape index (κ2) is 7.34. The molecule has 1 aromatic heterocycles. The van der Waals surface area contributed by atoms with Gasteiger partial charge < -0.3 is 5.11 Å². The lowest BCUT2D eigenvalue weighted by Gasteiger charge is -2.35.